The third-order valence-electron chi connectivity index (χ3n) is 11.1. The minimum absolute atomic E-state index is 0.0644. The average Bonchev–Trinajstić information content (AvgIpc) is 3.15. The Kier molecular flexibility index (Phi) is 16.3. The van der Waals surface area contributed by atoms with Crippen LogP contribution in [0.25, 0.3) is 0 Å². The Morgan fingerprint density at radius 1 is 0.857 bits per heavy atom. The quantitative estimate of drug-likeness (QED) is 0.162. The second kappa shape index (κ2) is 20.0. The van der Waals surface area contributed by atoms with E-state index in [1.54, 1.807) is 55.5 Å². The first-order valence-corrected chi connectivity index (χ1v) is 19.9. The number of esters is 3. The van der Waals surface area contributed by atoms with Crippen molar-refractivity contribution in [3.63, 3.8) is 0 Å². The van der Waals surface area contributed by atoms with Gasteiger partial charge in [-0.25, -0.2) is 9.59 Å². The van der Waals surface area contributed by atoms with Crippen LogP contribution < -0.4 is 0 Å². The number of cyclic esters (lactones) is 1. The number of methoxy groups -OCH3 is 1. The van der Waals surface area contributed by atoms with Crippen molar-refractivity contribution in [1.29, 1.82) is 0 Å². The molecule has 11 atom stereocenters. The topological polar surface area (TPSA) is 130 Å². The van der Waals surface area contributed by atoms with Gasteiger partial charge in [-0.2, -0.15) is 0 Å². The molecule has 0 N–H and O–H groups in total. The molecule has 0 aromatic heterocycles. The molecule has 0 unspecified atom stereocenters. The van der Waals surface area contributed by atoms with Crippen LogP contribution in [0.3, 0.4) is 0 Å². The summed E-state index contributed by atoms with van der Waals surface area (Å²) in [6.07, 6.45) is -3.29. The van der Waals surface area contributed by atoms with Crippen molar-refractivity contribution in [2.45, 2.75) is 96.7 Å². The van der Waals surface area contributed by atoms with Crippen molar-refractivity contribution in [3.05, 3.63) is 69.7 Å². The highest BCUT2D eigenvalue weighted by Gasteiger charge is 2.51. The highest BCUT2D eigenvalue weighted by molar-refractivity contribution is 6.31. The predicted octanol–water partition coefficient (Wildman–Crippen LogP) is 6.59. The molecule has 56 heavy (non-hydrogen) atoms. The van der Waals surface area contributed by atoms with Gasteiger partial charge in [0.2, 0.25) is 0 Å². The highest BCUT2D eigenvalue weighted by Crippen LogP contribution is 2.39. The lowest BCUT2D eigenvalue weighted by Crippen LogP contribution is -2.60. The largest absolute Gasteiger partial charge is 0.464 e. The molecule has 0 bridgehead atoms. The van der Waals surface area contributed by atoms with E-state index in [0.717, 1.165) is 0 Å². The number of benzene rings is 2. The van der Waals surface area contributed by atoms with E-state index in [9.17, 15) is 19.2 Å². The summed E-state index contributed by atoms with van der Waals surface area (Å²) >= 11 is 12.2. The number of ketones is 1. The van der Waals surface area contributed by atoms with Gasteiger partial charge in [-0.05, 0) is 109 Å². The van der Waals surface area contributed by atoms with Crippen molar-refractivity contribution in [1.82, 2.24) is 9.80 Å². The Hall–Kier alpha value is -3.10. The Labute approximate surface area is 341 Å². The van der Waals surface area contributed by atoms with E-state index in [4.69, 9.17) is 51.6 Å². The van der Waals surface area contributed by atoms with Gasteiger partial charge in [0.05, 0.1) is 35.0 Å². The van der Waals surface area contributed by atoms with Crippen LogP contribution in [-0.4, -0.2) is 124 Å². The minimum atomic E-state index is -1.24. The normalized spacial score (nSPS) is 32.9. The van der Waals surface area contributed by atoms with Crippen molar-refractivity contribution in [2.75, 3.05) is 47.9 Å². The maximum Gasteiger partial charge on any atom is 0.338 e. The molecule has 0 aliphatic carbocycles. The Morgan fingerprint density at radius 2 is 1.39 bits per heavy atom. The third-order valence-corrected chi connectivity index (χ3v) is 11.6. The molecule has 4 rings (SSSR count). The summed E-state index contributed by atoms with van der Waals surface area (Å²) in [7, 11) is 7.20. The zero-order valence-corrected chi connectivity index (χ0v) is 35.7. The molecule has 310 valence electrons. The zero-order chi connectivity index (χ0) is 41.5. The molecule has 0 radical (unpaired) electrons. The van der Waals surface area contributed by atoms with Crippen molar-refractivity contribution in [3.8, 4) is 0 Å². The average molecular weight is 822 g/mol. The second-order valence-corrected chi connectivity index (χ2v) is 16.8. The summed E-state index contributed by atoms with van der Waals surface area (Å²) in [6, 6.07) is 12.5. The maximum absolute atomic E-state index is 14.3. The van der Waals surface area contributed by atoms with Crippen LogP contribution in [0.4, 0.5) is 0 Å². The highest BCUT2D eigenvalue weighted by atomic mass is 35.5. The summed E-state index contributed by atoms with van der Waals surface area (Å²) in [5, 5.41) is 0.969. The Morgan fingerprint density at radius 3 is 1.91 bits per heavy atom. The molecular weight excluding hydrogens is 763 g/mol. The first-order chi connectivity index (χ1) is 26.3. The van der Waals surface area contributed by atoms with Crippen molar-refractivity contribution >= 4 is 46.9 Å². The lowest BCUT2D eigenvalue weighted by atomic mass is 9.76. The van der Waals surface area contributed by atoms with E-state index in [2.05, 4.69) is 0 Å². The fourth-order valence-corrected chi connectivity index (χ4v) is 8.15. The van der Waals surface area contributed by atoms with Crippen LogP contribution in [0.5, 0.6) is 0 Å². The number of likely N-dealkylation sites (N-methyl/N-ethyl adjacent to an activating group) is 2. The molecular formula is C42H58Cl2N2O10. The van der Waals surface area contributed by atoms with Crippen molar-refractivity contribution < 1.29 is 47.6 Å². The number of hydrogen-bond acceptors (Lipinski definition) is 12. The number of halogens is 2. The first kappa shape index (κ1) is 45.6. The van der Waals surface area contributed by atoms with Gasteiger partial charge in [0, 0.05) is 42.1 Å². The molecule has 0 saturated carbocycles. The second-order valence-electron chi connectivity index (χ2n) is 15.9. The fourth-order valence-electron chi connectivity index (χ4n) is 7.89. The summed E-state index contributed by atoms with van der Waals surface area (Å²) in [4.78, 5) is 58.7. The Balaban J connectivity index is 1.77. The molecule has 2 aliphatic heterocycles. The zero-order valence-electron chi connectivity index (χ0n) is 34.2. The van der Waals surface area contributed by atoms with Gasteiger partial charge in [-0.1, -0.05) is 44.0 Å². The number of nitrogens with zero attached hydrogens (tertiary/aromatic N) is 2. The summed E-state index contributed by atoms with van der Waals surface area (Å²) in [6.45, 7) is 11.9. The monoisotopic (exact) mass is 820 g/mol. The Bertz CT molecular complexity index is 1640. The van der Waals surface area contributed by atoms with Crippen LogP contribution in [0.1, 0.15) is 75.1 Å². The standard InChI is InChI=1S/C42H58Cl2N2O10/c1-24-22-42(6,51-10)37(56-41-36(33(45(7)8)21-26(3)53-41)55-40(50)30-13-17-32(44)18-14-30)27(4)34(47)28(5)38(48)52-20-19-46(9)23-25(2)35(24)54-39(49)29-11-15-31(43)16-12-29/h11-18,24-28,33,35-37,41H,19-23H2,1-10H3/t24-,25-,26-,27+,28-,33+,35+,36-,37-,41+,42-/m1/s1. The molecule has 0 amide bonds. The van der Waals surface area contributed by atoms with E-state index in [1.807, 2.05) is 58.6 Å². The van der Waals surface area contributed by atoms with Gasteiger partial charge in [-0.3, -0.25) is 9.59 Å². The van der Waals surface area contributed by atoms with Crippen LogP contribution in [-0.2, 0) is 38.0 Å². The van der Waals surface area contributed by atoms with Crippen LogP contribution in [0.15, 0.2) is 48.5 Å². The van der Waals surface area contributed by atoms with E-state index in [1.165, 1.54) is 14.0 Å². The molecule has 2 aromatic carbocycles. The predicted molar refractivity (Wildman–Crippen MR) is 213 cm³/mol. The van der Waals surface area contributed by atoms with Crippen molar-refractivity contribution in [2.24, 2.45) is 23.7 Å². The number of carbonyl (C=O) groups excluding carboxylic acids is 4. The number of rotatable bonds is 8. The lowest BCUT2D eigenvalue weighted by molar-refractivity contribution is -0.295. The minimum Gasteiger partial charge on any atom is -0.464 e. The molecule has 12 nitrogen and oxygen atoms in total. The van der Waals surface area contributed by atoms with Gasteiger partial charge in [-0.15, -0.1) is 0 Å². The van der Waals surface area contributed by atoms with Crippen LogP contribution in [0, 0.1) is 23.7 Å². The summed E-state index contributed by atoms with van der Waals surface area (Å²) < 4.78 is 37.8. The van der Waals surface area contributed by atoms with Crippen LogP contribution >= 0.6 is 23.2 Å². The molecule has 2 heterocycles. The molecule has 14 heteroatoms. The first-order valence-electron chi connectivity index (χ1n) is 19.2. The van der Waals surface area contributed by atoms with E-state index >= 15 is 0 Å². The van der Waals surface area contributed by atoms with E-state index in [0.29, 0.717) is 40.7 Å². The number of ether oxygens (including phenoxy) is 6. The maximum atomic E-state index is 14.3. The van der Waals surface area contributed by atoms with Gasteiger partial charge in [0.1, 0.15) is 18.6 Å². The fraction of sp³-hybridized carbons (Fsp3) is 0.619. The SMILES string of the molecule is CO[C@]1(C)C[C@@H](C)[C@H](OC(=O)c2ccc(Cl)cc2)[C@H](C)CN(C)CCOC(=O)[C@H](C)C(=O)[C@H](C)[C@H]1O[C@@H]1O[C@H](C)C[C@H](N(C)C)[C@H]1OC(=O)c1ccc(Cl)cc1. The van der Waals surface area contributed by atoms with Gasteiger partial charge in [0.15, 0.2) is 18.2 Å². The smallest absolute Gasteiger partial charge is 0.338 e. The molecule has 2 fully saturated rings. The van der Waals surface area contributed by atoms with Gasteiger partial charge >= 0.3 is 17.9 Å². The van der Waals surface area contributed by atoms with Gasteiger partial charge in [0.25, 0.3) is 0 Å². The lowest BCUT2D eigenvalue weighted by Gasteiger charge is -2.48. The summed E-state index contributed by atoms with van der Waals surface area (Å²) in [5.41, 5.74) is -0.590. The number of Topliss-reactive ketones (excluding diaryl/α,β-unsaturated/α-hetero) is 1. The number of hydrogen-bond donors (Lipinski definition) is 0. The summed E-state index contributed by atoms with van der Waals surface area (Å²) in [5.74, 6) is -4.75. The van der Waals surface area contributed by atoms with Crippen LogP contribution in [0.2, 0.25) is 10.0 Å². The van der Waals surface area contributed by atoms with E-state index < -0.39 is 65.7 Å². The molecule has 2 aliphatic rings. The van der Waals surface area contributed by atoms with Gasteiger partial charge < -0.3 is 38.2 Å². The van der Waals surface area contributed by atoms with E-state index in [-0.39, 0.29) is 37.0 Å². The third kappa shape index (κ3) is 11.5. The molecule has 2 saturated heterocycles. The molecule has 0 spiro atoms. The number of carbonyl (C=O) groups is 4. The molecule has 2 aromatic rings.